The second kappa shape index (κ2) is 37.2. The van der Waals surface area contributed by atoms with Crippen LogP contribution in [0.3, 0.4) is 0 Å². The first-order valence-corrected chi connectivity index (χ1v) is 22.5. The lowest BCUT2D eigenvalue weighted by Crippen LogP contribution is -2.37. The van der Waals surface area contributed by atoms with Crippen LogP contribution in [0.2, 0.25) is 0 Å². The summed E-state index contributed by atoms with van der Waals surface area (Å²) < 4.78 is 33.7. The Morgan fingerprint density at radius 1 is 0.649 bits per heavy atom. The van der Waals surface area contributed by atoms with Crippen molar-refractivity contribution in [1.29, 1.82) is 0 Å². The van der Waals surface area contributed by atoms with Gasteiger partial charge in [-0.25, -0.2) is 0 Å². The molecule has 324 valence electrons. The minimum Gasteiger partial charge on any atom is -0.756 e. The van der Waals surface area contributed by atoms with Gasteiger partial charge in [0.1, 0.15) is 19.8 Å². The molecule has 0 saturated carbocycles. The topological polar surface area (TPSA) is 131 Å². The number of nitrogens with zero attached hydrogens (tertiary/aromatic N) is 1. The van der Waals surface area contributed by atoms with Crippen molar-refractivity contribution in [3.63, 3.8) is 0 Å². The molecule has 0 rings (SSSR count). The molecule has 1 N–H and O–H groups in total. The van der Waals surface area contributed by atoms with Crippen LogP contribution >= 0.6 is 7.82 Å². The molecular weight excluding hydrogens is 741 g/mol. The lowest BCUT2D eigenvalue weighted by atomic mass is 10.1. The van der Waals surface area contributed by atoms with Gasteiger partial charge in [0.15, 0.2) is 6.10 Å². The average molecular weight is 818 g/mol. The normalized spacial score (nSPS) is 15.1. The van der Waals surface area contributed by atoms with Crippen molar-refractivity contribution in [2.24, 2.45) is 0 Å². The highest BCUT2D eigenvalue weighted by atomic mass is 31.2. The summed E-state index contributed by atoms with van der Waals surface area (Å²) >= 11 is 0. The van der Waals surface area contributed by atoms with Gasteiger partial charge in [-0.05, 0) is 77.0 Å². The summed E-state index contributed by atoms with van der Waals surface area (Å²) in [6.45, 7) is 3.75. The molecule has 0 spiro atoms. The number of quaternary nitrogens is 1. The molecule has 0 heterocycles. The predicted molar refractivity (Wildman–Crippen MR) is 232 cm³/mol. The van der Waals surface area contributed by atoms with Gasteiger partial charge in [-0.15, -0.1) is 0 Å². The molecule has 0 amide bonds. The molecule has 0 saturated heterocycles. The summed E-state index contributed by atoms with van der Waals surface area (Å²) in [7, 11) is 1.07. The number of rotatable bonds is 36. The number of aliphatic hydroxyl groups excluding tert-OH is 1. The van der Waals surface area contributed by atoms with Crippen LogP contribution in [0.25, 0.3) is 0 Å². The summed E-state index contributed by atoms with van der Waals surface area (Å²) in [5, 5.41) is 9.87. The van der Waals surface area contributed by atoms with E-state index in [0.717, 1.165) is 70.6 Å². The molecular formula is C46H76NO9P. The lowest BCUT2D eigenvalue weighted by Gasteiger charge is -2.28. The zero-order chi connectivity index (χ0) is 42.3. The minimum absolute atomic E-state index is 0.0595. The first kappa shape index (κ1) is 53.9. The van der Waals surface area contributed by atoms with Crippen LogP contribution in [0, 0.1) is 0 Å². The van der Waals surface area contributed by atoms with E-state index in [1.165, 1.54) is 0 Å². The Bertz CT molecular complexity index is 1310. The van der Waals surface area contributed by atoms with Crippen molar-refractivity contribution in [2.75, 3.05) is 47.5 Å². The van der Waals surface area contributed by atoms with E-state index >= 15 is 0 Å². The van der Waals surface area contributed by atoms with Gasteiger partial charge in [-0.2, -0.15) is 0 Å². The Hall–Kier alpha value is -3.11. The highest BCUT2D eigenvalue weighted by molar-refractivity contribution is 7.45. The summed E-state index contributed by atoms with van der Waals surface area (Å²) in [6, 6.07) is 0. The quantitative estimate of drug-likeness (QED) is 0.0164. The number of phosphoric acid groups is 1. The number of ether oxygens (including phenoxy) is 2. The third-order valence-corrected chi connectivity index (χ3v) is 9.14. The molecule has 0 aliphatic carbocycles. The van der Waals surface area contributed by atoms with Gasteiger partial charge in [0.25, 0.3) is 7.82 Å². The number of hydrogen-bond donors (Lipinski definition) is 1. The van der Waals surface area contributed by atoms with Crippen LogP contribution in [0.4, 0.5) is 0 Å². The van der Waals surface area contributed by atoms with E-state index < -0.39 is 38.6 Å². The van der Waals surface area contributed by atoms with E-state index in [4.69, 9.17) is 18.5 Å². The van der Waals surface area contributed by atoms with Gasteiger partial charge < -0.3 is 33.0 Å². The molecule has 57 heavy (non-hydrogen) atoms. The molecule has 0 aliphatic rings. The lowest BCUT2D eigenvalue weighted by molar-refractivity contribution is -0.870. The van der Waals surface area contributed by atoms with E-state index in [-0.39, 0.29) is 26.1 Å². The van der Waals surface area contributed by atoms with E-state index in [1.54, 1.807) is 6.08 Å². The highest BCUT2D eigenvalue weighted by Gasteiger charge is 2.21. The third kappa shape index (κ3) is 40.9. The fourth-order valence-corrected chi connectivity index (χ4v) is 5.63. The van der Waals surface area contributed by atoms with Crippen LogP contribution in [-0.2, 0) is 32.7 Å². The molecule has 0 fully saturated rings. The monoisotopic (exact) mass is 818 g/mol. The van der Waals surface area contributed by atoms with Gasteiger partial charge in [0.2, 0.25) is 0 Å². The summed E-state index contributed by atoms with van der Waals surface area (Å²) in [6.07, 6.45) is 44.9. The first-order chi connectivity index (χ1) is 27.4. The van der Waals surface area contributed by atoms with Crippen LogP contribution in [0.15, 0.2) is 97.2 Å². The standard InChI is InChI=1S/C46H76NO9P/c1-6-8-10-11-12-13-14-15-16-17-18-19-20-23-27-30-34-38-46(50)56-44(42-55-57(51,52)54-40-39-47(3,4)5)41-53-45(49)37-33-29-26-24-21-22-25-28-32-36-43(48)35-31-9-7-2/h8-10,12-13,15-16,18-19,23,25,27-28,31-32,36,43-44,48H,6-7,11,14,17,20-22,24,26,29-30,33-35,37-42H2,1-5H3/b10-8-,13-12-,16-15-,19-18-,27-23-,28-25+,31-9+,36-32+/t43?,44-/m1/s1. The van der Waals surface area contributed by atoms with Gasteiger partial charge in [0, 0.05) is 12.8 Å². The number of unbranched alkanes of at least 4 members (excludes halogenated alkanes) is 6. The van der Waals surface area contributed by atoms with Gasteiger partial charge in [-0.3, -0.25) is 14.2 Å². The van der Waals surface area contributed by atoms with Crippen LogP contribution in [-0.4, -0.2) is 81.2 Å². The van der Waals surface area contributed by atoms with Gasteiger partial charge in [-0.1, -0.05) is 130 Å². The van der Waals surface area contributed by atoms with E-state index in [0.29, 0.717) is 36.7 Å². The number of allylic oxidation sites excluding steroid dienone is 14. The maximum absolute atomic E-state index is 12.6. The molecule has 0 aromatic rings. The van der Waals surface area contributed by atoms with Crippen molar-refractivity contribution in [1.82, 2.24) is 0 Å². The number of carbonyl (C=O) groups is 2. The Balaban J connectivity index is 4.58. The first-order valence-electron chi connectivity index (χ1n) is 21.1. The number of likely N-dealkylation sites (N-methyl/N-ethyl adjacent to an activating group) is 1. The van der Waals surface area contributed by atoms with Crippen molar-refractivity contribution < 1.29 is 47.2 Å². The number of hydrogen-bond acceptors (Lipinski definition) is 9. The fraction of sp³-hybridized carbons (Fsp3) is 0.609. The fourth-order valence-electron chi connectivity index (χ4n) is 4.90. The second-order valence-electron chi connectivity index (χ2n) is 14.8. The molecule has 2 unspecified atom stereocenters. The smallest absolute Gasteiger partial charge is 0.306 e. The van der Waals surface area contributed by atoms with Crippen molar-refractivity contribution in [3.8, 4) is 0 Å². The van der Waals surface area contributed by atoms with Gasteiger partial charge in [0.05, 0.1) is 33.9 Å². The third-order valence-electron chi connectivity index (χ3n) is 8.18. The summed E-state index contributed by atoms with van der Waals surface area (Å²) in [5.41, 5.74) is 0. The van der Waals surface area contributed by atoms with E-state index in [9.17, 15) is 24.2 Å². The Kier molecular flexibility index (Phi) is 35.2. The zero-order valence-corrected chi connectivity index (χ0v) is 36.7. The molecule has 0 aromatic carbocycles. The van der Waals surface area contributed by atoms with Crippen molar-refractivity contribution in [3.05, 3.63) is 97.2 Å². The maximum atomic E-state index is 12.6. The van der Waals surface area contributed by atoms with Gasteiger partial charge >= 0.3 is 11.9 Å². The van der Waals surface area contributed by atoms with Crippen molar-refractivity contribution >= 4 is 19.8 Å². The number of esters is 2. The largest absolute Gasteiger partial charge is 0.756 e. The number of phosphoric ester groups is 1. The molecule has 11 heteroatoms. The van der Waals surface area contributed by atoms with Crippen molar-refractivity contribution in [2.45, 2.75) is 135 Å². The zero-order valence-electron chi connectivity index (χ0n) is 35.8. The van der Waals surface area contributed by atoms with Crippen LogP contribution in [0.1, 0.15) is 123 Å². The number of carbonyl (C=O) groups excluding carboxylic acids is 2. The Morgan fingerprint density at radius 3 is 1.82 bits per heavy atom. The van der Waals surface area contributed by atoms with E-state index in [2.05, 4.69) is 74.6 Å². The molecule has 0 aromatic heterocycles. The number of aliphatic hydroxyl groups is 1. The average Bonchev–Trinajstić information content (AvgIpc) is 3.15. The molecule has 3 atom stereocenters. The molecule has 0 radical (unpaired) electrons. The predicted octanol–water partition coefficient (Wildman–Crippen LogP) is 10.1. The minimum atomic E-state index is -4.66. The second-order valence-corrected chi connectivity index (χ2v) is 16.2. The Labute approximate surface area is 346 Å². The molecule has 0 bridgehead atoms. The Morgan fingerprint density at radius 2 is 1.19 bits per heavy atom. The summed E-state index contributed by atoms with van der Waals surface area (Å²) in [5.74, 6) is -0.969. The highest BCUT2D eigenvalue weighted by Crippen LogP contribution is 2.38. The molecule has 10 nitrogen and oxygen atoms in total. The van der Waals surface area contributed by atoms with E-state index in [1.807, 2.05) is 51.5 Å². The summed E-state index contributed by atoms with van der Waals surface area (Å²) in [4.78, 5) is 37.5. The maximum Gasteiger partial charge on any atom is 0.306 e. The molecule has 0 aliphatic heterocycles. The van der Waals surface area contributed by atoms with Crippen LogP contribution in [0.5, 0.6) is 0 Å². The van der Waals surface area contributed by atoms with Crippen LogP contribution < -0.4 is 4.89 Å². The SMILES string of the molecule is CC/C=C\C/C=C\C/C=C\C/C=C\C/C=C\CCCC(=O)O[C@H](COC(=O)CCCCCCC/C=C/C=C/C(O)C/C=C/CC)COP(=O)([O-])OCC[N+](C)(C)C.